The number of benzene rings is 2. The molecule has 0 bridgehead atoms. The Morgan fingerprint density at radius 2 is 1.87 bits per heavy atom. The SMILES string of the molecule is COc1cc2ncnc(Nc3ccc(F)c(Cl)c3)c2cc1SN1CCN(c2ncc(C(=O)NO)cn2)CC1. The number of halogens is 2. The van der Waals surface area contributed by atoms with Gasteiger partial charge in [0.25, 0.3) is 5.91 Å². The van der Waals surface area contributed by atoms with Crippen LogP contribution < -0.4 is 20.4 Å². The normalized spacial score (nSPS) is 13.9. The number of amides is 1. The molecule has 0 saturated carbocycles. The van der Waals surface area contributed by atoms with Crippen LogP contribution in [0.5, 0.6) is 5.75 Å². The van der Waals surface area contributed by atoms with Crippen molar-refractivity contribution in [3.05, 3.63) is 65.5 Å². The van der Waals surface area contributed by atoms with Gasteiger partial charge in [0, 0.05) is 55.7 Å². The fourth-order valence-electron chi connectivity index (χ4n) is 3.89. The summed E-state index contributed by atoms with van der Waals surface area (Å²) in [6.07, 6.45) is 4.21. The molecule has 0 aliphatic carbocycles. The number of anilines is 3. The molecule has 14 heteroatoms. The lowest BCUT2D eigenvalue weighted by molar-refractivity contribution is 0.0705. The minimum absolute atomic E-state index is 0.0161. The number of hydroxylamine groups is 1. The highest BCUT2D eigenvalue weighted by molar-refractivity contribution is 7.97. The molecular formula is C24H22ClFN8O3S. The number of carbonyl (C=O) groups excluding carboxylic acids is 1. The maximum Gasteiger partial charge on any atom is 0.277 e. The maximum atomic E-state index is 13.6. The molecule has 1 fully saturated rings. The highest BCUT2D eigenvalue weighted by atomic mass is 35.5. The molecule has 2 aromatic carbocycles. The molecule has 1 aliphatic heterocycles. The first-order valence-electron chi connectivity index (χ1n) is 11.4. The molecule has 38 heavy (non-hydrogen) atoms. The Labute approximate surface area is 226 Å². The third-order valence-electron chi connectivity index (χ3n) is 5.85. The summed E-state index contributed by atoms with van der Waals surface area (Å²) in [6, 6.07) is 8.21. The van der Waals surface area contributed by atoms with Crippen molar-refractivity contribution < 1.29 is 19.1 Å². The summed E-state index contributed by atoms with van der Waals surface area (Å²) in [5, 5.41) is 12.7. The Morgan fingerprint density at radius 1 is 1.11 bits per heavy atom. The molecule has 5 rings (SSSR count). The highest BCUT2D eigenvalue weighted by Gasteiger charge is 2.22. The second-order valence-corrected chi connectivity index (χ2v) is 9.76. The van der Waals surface area contributed by atoms with Gasteiger partial charge < -0.3 is 15.0 Å². The molecule has 2 aromatic heterocycles. The van der Waals surface area contributed by atoms with Gasteiger partial charge in [-0.05, 0) is 36.2 Å². The third-order valence-corrected chi connectivity index (χ3v) is 7.28. The minimum atomic E-state index is -0.660. The molecule has 1 saturated heterocycles. The number of nitrogens with one attached hydrogen (secondary N) is 2. The molecule has 3 heterocycles. The zero-order valence-corrected chi connectivity index (χ0v) is 21.6. The van der Waals surface area contributed by atoms with Crippen LogP contribution in [0.15, 0.2) is 53.9 Å². The van der Waals surface area contributed by atoms with Crippen LogP contribution in [0.25, 0.3) is 10.9 Å². The largest absolute Gasteiger partial charge is 0.495 e. The van der Waals surface area contributed by atoms with Gasteiger partial charge in [-0.2, -0.15) is 0 Å². The van der Waals surface area contributed by atoms with Gasteiger partial charge in [0.1, 0.15) is 23.7 Å². The monoisotopic (exact) mass is 556 g/mol. The zero-order chi connectivity index (χ0) is 26.6. The van der Waals surface area contributed by atoms with Crippen LogP contribution in [-0.4, -0.2) is 68.6 Å². The fourth-order valence-corrected chi connectivity index (χ4v) is 5.10. The van der Waals surface area contributed by atoms with Crippen molar-refractivity contribution in [3.8, 4) is 5.75 Å². The van der Waals surface area contributed by atoms with Crippen LogP contribution in [-0.2, 0) is 0 Å². The van der Waals surface area contributed by atoms with Crippen molar-refractivity contribution in [1.82, 2.24) is 29.7 Å². The topological polar surface area (TPSA) is 129 Å². The van der Waals surface area contributed by atoms with E-state index >= 15 is 0 Å². The van der Waals surface area contributed by atoms with E-state index in [-0.39, 0.29) is 10.6 Å². The molecule has 0 radical (unpaired) electrons. The number of piperazine rings is 1. The van der Waals surface area contributed by atoms with E-state index < -0.39 is 11.7 Å². The van der Waals surface area contributed by atoms with Crippen molar-refractivity contribution in [1.29, 1.82) is 0 Å². The number of carbonyl (C=O) groups is 1. The lowest BCUT2D eigenvalue weighted by atomic mass is 10.2. The number of nitrogens with zero attached hydrogens (tertiary/aromatic N) is 6. The number of methoxy groups -OCH3 is 1. The number of aromatic nitrogens is 4. The smallest absolute Gasteiger partial charge is 0.277 e. The van der Waals surface area contributed by atoms with Crippen LogP contribution in [0.4, 0.5) is 21.8 Å². The zero-order valence-electron chi connectivity index (χ0n) is 20.1. The number of rotatable bonds is 7. The number of hydrogen-bond acceptors (Lipinski definition) is 11. The van der Waals surface area contributed by atoms with Crippen molar-refractivity contribution in [3.63, 3.8) is 0 Å². The van der Waals surface area contributed by atoms with E-state index in [0.29, 0.717) is 41.8 Å². The lowest BCUT2D eigenvalue weighted by Crippen LogP contribution is -2.44. The van der Waals surface area contributed by atoms with Gasteiger partial charge in [0.05, 0.1) is 28.1 Å². The molecule has 4 aromatic rings. The quantitative estimate of drug-likeness (QED) is 0.174. The number of hydrogen-bond donors (Lipinski definition) is 3. The number of fused-ring (bicyclic) bond motifs is 1. The Hall–Kier alpha value is -3.78. The van der Waals surface area contributed by atoms with Gasteiger partial charge in [-0.15, -0.1) is 0 Å². The predicted molar refractivity (Wildman–Crippen MR) is 142 cm³/mol. The number of ether oxygens (including phenoxy) is 1. The summed E-state index contributed by atoms with van der Waals surface area (Å²) in [4.78, 5) is 31.6. The van der Waals surface area contributed by atoms with E-state index in [1.807, 2.05) is 17.0 Å². The second-order valence-electron chi connectivity index (χ2n) is 8.22. The van der Waals surface area contributed by atoms with E-state index in [1.165, 1.54) is 30.9 Å². The van der Waals surface area contributed by atoms with Gasteiger partial charge in [-0.1, -0.05) is 11.6 Å². The fraction of sp³-hybridized carbons (Fsp3) is 0.208. The first-order valence-corrected chi connectivity index (χ1v) is 12.6. The third kappa shape index (κ3) is 5.55. The van der Waals surface area contributed by atoms with E-state index in [9.17, 15) is 9.18 Å². The molecule has 3 N–H and O–H groups in total. The molecule has 11 nitrogen and oxygen atoms in total. The summed E-state index contributed by atoms with van der Waals surface area (Å²) >= 11 is 7.50. The molecule has 0 atom stereocenters. The first-order chi connectivity index (χ1) is 18.4. The second kappa shape index (κ2) is 11.3. The Morgan fingerprint density at radius 3 is 2.55 bits per heavy atom. The molecular weight excluding hydrogens is 535 g/mol. The average molecular weight is 557 g/mol. The van der Waals surface area contributed by atoms with E-state index in [2.05, 4.69) is 29.6 Å². The summed E-state index contributed by atoms with van der Waals surface area (Å²) in [5.41, 5.74) is 3.04. The predicted octanol–water partition coefficient (Wildman–Crippen LogP) is 3.91. The Bertz CT molecular complexity index is 1470. The summed E-state index contributed by atoms with van der Waals surface area (Å²) < 4.78 is 21.4. The molecule has 0 spiro atoms. The van der Waals surface area contributed by atoms with E-state index in [0.717, 1.165) is 23.4 Å². The van der Waals surface area contributed by atoms with Crippen LogP contribution in [0.2, 0.25) is 5.02 Å². The van der Waals surface area contributed by atoms with Crippen LogP contribution in [0.1, 0.15) is 10.4 Å². The molecule has 196 valence electrons. The van der Waals surface area contributed by atoms with Crippen molar-refractivity contribution in [2.45, 2.75) is 4.90 Å². The highest BCUT2D eigenvalue weighted by Crippen LogP contribution is 2.37. The lowest BCUT2D eigenvalue weighted by Gasteiger charge is -2.34. The average Bonchev–Trinajstić information content (AvgIpc) is 2.95. The van der Waals surface area contributed by atoms with Gasteiger partial charge in [0.15, 0.2) is 0 Å². The van der Waals surface area contributed by atoms with Gasteiger partial charge in [0.2, 0.25) is 5.95 Å². The van der Waals surface area contributed by atoms with Gasteiger partial charge in [-0.25, -0.2) is 34.1 Å². The van der Waals surface area contributed by atoms with Crippen LogP contribution in [0, 0.1) is 5.82 Å². The van der Waals surface area contributed by atoms with Crippen LogP contribution in [0.3, 0.4) is 0 Å². The molecule has 0 unspecified atom stereocenters. The summed E-state index contributed by atoms with van der Waals surface area (Å²) in [5.74, 6) is 0.599. The summed E-state index contributed by atoms with van der Waals surface area (Å²) in [6.45, 7) is 2.79. The van der Waals surface area contributed by atoms with Gasteiger partial charge >= 0.3 is 0 Å². The van der Waals surface area contributed by atoms with E-state index in [4.69, 9.17) is 21.5 Å². The van der Waals surface area contributed by atoms with Crippen LogP contribution >= 0.6 is 23.5 Å². The minimum Gasteiger partial charge on any atom is -0.495 e. The maximum absolute atomic E-state index is 13.6. The molecule has 1 aliphatic rings. The standard InChI is InChI=1S/C24H22ClFN8O3S/c1-37-20-10-19-16(22(30-13-29-19)31-15-2-3-18(26)17(25)8-15)9-21(20)38-34-6-4-33(5-7-34)24-27-11-14(12-28-24)23(35)32-36/h2-3,8-13,36H,4-7H2,1H3,(H,32,35)(H,29,30,31). The van der Waals surface area contributed by atoms with Crippen molar-refractivity contribution in [2.24, 2.45) is 0 Å². The first kappa shape index (κ1) is 25.9. The van der Waals surface area contributed by atoms with E-state index in [1.54, 1.807) is 30.6 Å². The Balaban J connectivity index is 1.31. The van der Waals surface area contributed by atoms with Crippen molar-refractivity contribution >= 4 is 57.8 Å². The Kier molecular flexibility index (Phi) is 7.69. The summed E-state index contributed by atoms with van der Waals surface area (Å²) in [7, 11) is 1.61. The van der Waals surface area contributed by atoms with Crippen molar-refractivity contribution in [2.75, 3.05) is 43.5 Å². The molecule has 1 amide bonds. The van der Waals surface area contributed by atoms with Gasteiger partial charge in [-0.3, -0.25) is 10.0 Å².